The van der Waals surface area contributed by atoms with E-state index in [9.17, 15) is 5.11 Å². The minimum absolute atomic E-state index is 0.482. The average Bonchev–Trinajstić information content (AvgIpc) is 1.85. The molecule has 0 unspecified atom stereocenters. The van der Waals surface area contributed by atoms with Gasteiger partial charge in [0.1, 0.15) is 18.7 Å². The minimum atomic E-state index is -0.829. The van der Waals surface area contributed by atoms with Crippen LogP contribution < -0.4 is 0 Å². The quantitative estimate of drug-likeness (QED) is 0.498. The van der Waals surface area contributed by atoms with Crippen LogP contribution in [0.25, 0.3) is 0 Å². The lowest BCUT2D eigenvalue weighted by atomic mass is 10.3. The predicted molar refractivity (Wildman–Crippen MR) is 41.5 cm³/mol. The number of rotatable bonds is 4. The van der Waals surface area contributed by atoms with Crippen LogP contribution in [0.15, 0.2) is 0 Å². The highest BCUT2D eigenvalue weighted by Gasteiger charge is 2.22. The van der Waals surface area contributed by atoms with Gasteiger partial charge in [0.25, 0.3) is 0 Å². The van der Waals surface area contributed by atoms with Crippen molar-refractivity contribution in [3.63, 3.8) is 0 Å². The van der Waals surface area contributed by atoms with Crippen molar-refractivity contribution >= 4 is 0 Å². The van der Waals surface area contributed by atoms with E-state index in [1.807, 2.05) is 0 Å². The van der Waals surface area contributed by atoms with Crippen molar-refractivity contribution in [2.75, 3.05) is 0 Å². The fraction of sp³-hybridized carbons (Fsp3) is 1.00. The van der Waals surface area contributed by atoms with Crippen LogP contribution in [0.3, 0.4) is 0 Å². The third-order valence-corrected chi connectivity index (χ3v) is 1.57. The van der Waals surface area contributed by atoms with Crippen LogP contribution in [-0.2, 0) is 0 Å². The largest absolute Gasteiger partial charge is 0.379 e. The van der Waals surface area contributed by atoms with Gasteiger partial charge in [0.2, 0.25) is 0 Å². The summed E-state index contributed by atoms with van der Waals surface area (Å²) < 4.78 is 0. The van der Waals surface area contributed by atoms with E-state index in [2.05, 4.69) is 0 Å². The summed E-state index contributed by atoms with van der Waals surface area (Å²) in [5, 5.41) is 27.4. The highest BCUT2D eigenvalue weighted by molar-refractivity contribution is 4.61. The fourth-order valence-corrected chi connectivity index (χ4v) is 1.02. The predicted octanol–water partition coefficient (Wildman–Crippen LogP) is -0.307. The van der Waals surface area contributed by atoms with Crippen LogP contribution in [0.5, 0.6) is 0 Å². The zero-order valence-corrected chi connectivity index (χ0v) is 7.23. The lowest BCUT2D eigenvalue weighted by molar-refractivity contribution is -0.166. The standard InChI is InChI=1S/C7H17NO3/c1-4-7(11)8(5(2)9)6(3)10/h5-7,9-11H,4H2,1-3H3/t5-,6-,7-/m0/s1. The first-order valence-corrected chi connectivity index (χ1v) is 3.82. The second-order valence-electron chi connectivity index (χ2n) is 2.60. The van der Waals surface area contributed by atoms with E-state index in [0.29, 0.717) is 6.42 Å². The Morgan fingerprint density at radius 3 is 1.55 bits per heavy atom. The van der Waals surface area contributed by atoms with E-state index in [1.165, 1.54) is 18.7 Å². The minimum Gasteiger partial charge on any atom is -0.379 e. The van der Waals surface area contributed by atoms with Gasteiger partial charge < -0.3 is 15.3 Å². The lowest BCUT2D eigenvalue weighted by Crippen LogP contribution is -2.47. The van der Waals surface area contributed by atoms with Crippen LogP contribution >= 0.6 is 0 Å². The molecule has 0 amide bonds. The van der Waals surface area contributed by atoms with Crippen molar-refractivity contribution in [2.24, 2.45) is 0 Å². The summed E-state index contributed by atoms with van der Waals surface area (Å²) in [5.74, 6) is 0. The second kappa shape index (κ2) is 4.66. The molecule has 0 aliphatic rings. The number of aliphatic hydroxyl groups is 3. The Morgan fingerprint density at radius 2 is 1.45 bits per heavy atom. The van der Waals surface area contributed by atoms with Crippen LogP contribution in [0.2, 0.25) is 0 Å². The van der Waals surface area contributed by atoms with E-state index in [1.54, 1.807) is 6.92 Å². The number of hydrogen-bond donors (Lipinski definition) is 3. The summed E-state index contributed by atoms with van der Waals surface area (Å²) in [7, 11) is 0. The Hall–Kier alpha value is -0.160. The zero-order chi connectivity index (χ0) is 9.02. The zero-order valence-electron chi connectivity index (χ0n) is 7.23. The molecule has 0 aliphatic carbocycles. The molecule has 3 atom stereocenters. The van der Waals surface area contributed by atoms with Crippen molar-refractivity contribution < 1.29 is 15.3 Å². The number of hydrogen-bond acceptors (Lipinski definition) is 4. The molecule has 3 N–H and O–H groups in total. The molecule has 0 aromatic rings. The monoisotopic (exact) mass is 163 g/mol. The van der Waals surface area contributed by atoms with E-state index in [4.69, 9.17) is 10.2 Å². The van der Waals surface area contributed by atoms with Gasteiger partial charge in [0, 0.05) is 0 Å². The molecule has 11 heavy (non-hydrogen) atoms. The molecule has 4 nitrogen and oxygen atoms in total. The van der Waals surface area contributed by atoms with Gasteiger partial charge in [-0.15, -0.1) is 0 Å². The van der Waals surface area contributed by atoms with Crippen LogP contribution in [0, 0.1) is 0 Å². The van der Waals surface area contributed by atoms with E-state index in [-0.39, 0.29) is 0 Å². The summed E-state index contributed by atoms with van der Waals surface area (Å²) >= 11 is 0. The maximum atomic E-state index is 9.26. The summed E-state index contributed by atoms with van der Waals surface area (Å²) in [6.45, 7) is 4.79. The normalized spacial score (nSPS) is 19.9. The summed E-state index contributed by atoms with van der Waals surface area (Å²) in [4.78, 5) is 1.22. The molecular formula is C7H17NO3. The Morgan fingerprint density at radius 1 is 1.09 bits per heavy atom. The lowest BCUT2D eigenvalue weighted by Gasteiger charge is -2.31. The smallest absolute Gasteiger partial charge is 0.111 e. The van der Waals surface area contributed by atoms with Gasteiger partial charge in [-0.1, -0.05) is 6.92 Å². The first kappa shape index (κ1) is 10.8. The molecule has 0 fully saturated rings. The van der Waals surface area contributed by atoms with Gasteiger partial charge in [0.05, 0.1) is 0 Å². The van der Waals surface area contributed by atoms with Crippen molar-refractivity contribution in [1.82, 2.24) is 4.90 Å². The average molecular weight is 163 g/mol. The van der Waals surface area contributed by atoms with Crippen molar-refractivity contribution in [3.05, 3.63) is 0 Å². The summed E-state index contributed by atoms with van der Waals surface area (Å²) in [6, 6.07) is 0. The highest BCUT2D eigenvalue weighted by atomic mass is 16.4. The molecule has 0 rings (SSSR count). The van der Waals surface area contributed by atoms with Crippen LogP contribution in [0.1, 0.15) is 27.2 Å². The molecule has 0 bridgehead atoms. The number of nitrogens with zero attached hydrogens (tertiary/aromatic N) is 1. The molecule has 0 heterocycles. The molecule has 0 aliphatic heterocycles. The maximum Gasteiger partial charge on any atom is 0.111 e. The molecule has 0 saturated carbocycles. The van der Waals surface area contributed by atoms with Crippen LogP contribution in [-0.4, -0.2) is 38.9 Å². The molecule has 4 heteroatoms. The Labute approximate surface area is 67.1 Å². The highest BCUT2D eigenvalue weighted by Crippen LogP contribution is 2.07. The topological polar surface area (TPSA) is 63.9 Å². The van der Waals surface area contributed by atoms with Crippen molar-refractivity contribution in [1.29, 1.82) is 0 Å². The Balaban J connectivity index is 4.09. The van der Waals surface area contributed by atoms with Crippen LogP contribution in [0.4, 0.5) is 0 Å². The summed E-state index contributed by atoms with van der Waals surface area (Å²) in [5.41, 5.74) is 0. The molecule has 68 valence electrons. The third kappa shape index (κ3) is 3.16. The molecule has 0 aromatic carbocycles. The molecule has 0 spiro atoms. The molecular weight excluding hydrogens is 146 g/mol. The Kier molecular flexibility index (Phi) is 4.60. The second-order valence-corrected chi connectivity index (χ2v) is 2.60. The fourth-order valence-electron chi connectivity index (χ4n) is 1.02. The first-order chi connectivity index (χ1) is 5.00. The molecule has 0 radical (unpaired) electrons. The van der Waals surface area contributed by atoms with E-state index in [0.717, 1.165) is 0 Å². The van der Waals surface area contributed by atoms with Gasteiger partial charge in [-0.3, -0.25) is 0 Å². The maximum absolute atomic E-state index is 9.26. The van der Waals surface area contributed by atoms with E-state index < -0.39 is 18.7 Å². The van der Waals surface area contributed by atoms with Crippen molar-refractivity contribution in [2.45, 2.75) is 45.9 Å². The SMILES string of the molecule is CC[C@H](O)N([C@H](C)O)[C@H](C)O. The van der Waals surface area contributed by atoms with Crippen molar-refractivity contribution in [3.8, 4) is 0 Å². The van der Waals surface area contributed by atoms with E-state index >= 15 is 0 Å². The Bertz CT molecular complexity index is 97.9. The molecule has 0 saturated heterocycles. The number of aliphatic hydroxyl groups excluding tert-OH is 3. The van der Waals surface area contributed by atoms with Gasteiger partial charge in [0.15, 0.2) is 0 Å². The van der Waals surface area contributed by atoms with Gasteiger partial charge >= 0.3 is 0 Å². The first-order valence-electron chi connectivity index (χ1n) is 3.82. The summed E-state index contributed by atoms with van der Waals surface area (Å²) in [6.07, 6.45) is -1.96. The van der Waals surface area contributed by atoms with Gasteiger partial charge in [-0.05, 0) is 20.3 Å². The molecule has 0 aromatic heterocycles. The van der Waals surface area contributed by atoms with Gasteiger partial charge in [-0.25, -0.2) is 4.90 Å². The third-order valence-electron chi connectivity index (χ3n) is 1.57. The van der Waals surface area contributed by atoms with Gasteiger partial charge in [-0.2, -0.15) is 0 Å².